The molecule has 2 rings (SSSR count). The maximum Gasteiger partial charge on any atom is 0.122 e. The molecule has 106 valence electrons. The largest absolute Gasteiger partial charge is 0.497 e. The van der Waals surface area contributed by atoms with Crippen molar-refractivity contribution in [3.8, 4) is 5.75 Å². The van der Waals surface area contributed by atoms with Crippen molar-refractivity contribution in [2.24, 2.45) is 0 Å². The van der Waals surface area contributed by atoms with E-state index < -0.39 is 0 Å². The van der Waals surface area contributed by atoms with Crippen LogP contribution in [0.25, 0.3) is 0 Å². The van der Waals surface area contributed by atoms with Crippen LogP contribution >= 0.6 is 15.9 Å². The molecule has 0 bridgehead atoms. The predicted octanol–water partition coefficient (Wildman–Crippen LogP) is 4.01. The molecule has 1 heterocycles. The molecule has 0 spiro atoms. The molecule has 1 aromatic carbocycles. The van der Waals surface area contributed by atoms with Crippen LogP contribution in [0.3, 0.4) is 0 Å². The van der Waals surface area contributed by atoms with Crippen molar-refractivity contribution in [1.82, 2.24) is 10.3 Å². The summed E-state index contributed by atoms with van der Waals surface area (Å²) in [5.74, 6) is 0.852. The zero-order chi connectivity index (χ0) is 14.5. The highest BCUT2D eigenvalue weighted by Gasteiger charge is 2.06. The van der Waals surface area contributed by atoms with Gasteiger partial charge < -0.3 is 10.1 Å². The third-order valence-electron chi connectivity index (χ3n) is 3.18. The third-order valence-corrected chi connectivity index (χ3v) is 3.70. The Morgan fingerprint density at radius 3 is 2.60 bits per heavy atom. The summed E-state index contributed by atoms with van der Waals surface area (Å²) in [6.45, 7) is 4.84. The standard InChI is InChI=1S/C16H19BrN2O/c1-11-8-16(20-3)9-15(19-11)10-18-12(2)13-4-6-14(17)7-5-13/h4-9,12,18H,10H2,1-3H3/t12-/m1/s1. The number of rotatable bonds is 5. The second-order valence-electron chi connectivity index (χ2n) is 4.79. The molecule has 0 aliphatic rings. The van der Waals surface area contributed by atoms with Crippen molar-refractivity contribution in [1.29, 1.82) is 0 Å². The molecule has 1 aromatic heterocycles. The number of halogens is 1. The smallest absolute Gasteiger partial charge is 0.122 e. The maximum absolute atomic E-state index is 5.27. The molecule has 1 atom stereocenters. The van der Waals surface area contributed by atoms with E-state index >= 15 is 0 Å². The Bertz CT molecular complexity index is 569. The molecular weight excluding hydrogens is 316 g/mol. The average Bonchev–Trinajstić information content (AvgIpc) is 2.45. The van der Waals surface area contributed by atoms with Gasteiger partial charge in [-0.25, -0.2) is 0 Å². The second kappa shape index (κ2) is 6.86. The molecule has 0 fully saturated rings. The van der Waals surface area contributed by atoms with Crippen LogP contribution in [-0.2, 0) is 6.54 Å². The summed E-state index contributed by atoms with van der Waals surface area (Å²) in [5.41, 5.74) is 3.22. The van der Waals surface area contributed by atoms with Crippen molar-refractivity contribution in [3.63, 3.8) is 0 Å². The highest BCUT2D eigenvalue weighted by Crippen LogP contribution is 2.18. The molecule has 1 N–H and O–H groups in total. The Morgan fingerprint density at radius 1 is 1.25 bits per heavy atom. The zero-order valence-electron chi connectivity index (χ0n) is 12.0. The van der Waals surface area contributed by atoms with E-state index in [4.69, 9.17) is 4.74 Å². The molecule has 0 unspecified atom stereocenters. The number of methoxy groups -OCH3 is 1. The first kappa shape index (κ1) is 15.0. The first-order valence-electron chi connectivity index (χ1n) is 6.59. The number of hydrogen-bond acceptors (Lipinski definition) is 3. The van der Waals surface area contributed by atoms with E-state index in [1.165, 1.54) is 5.56 Å². The van der Waals surface area contributed by atoms with Crippen molar-refractivity contribution < 1.29 is 4.74 Å². The molecule has 0 saturated heterocycles. The fourth-order valence-electron chi connectivity index (χ4n) is 2.04. The minimum Gasteiger partial charge on any atom is -0.497 e. The maximum atomic E-state index is 5.27. The van der Waals surface area contributed by atoms with Crippen LogP contribution in [0.1, 0.15) is 29.9 Å². The van der Waals surface area contributed by atoms with Crippen LogP contribution in [0.4, 0.5) is 0 Å². The molecule has 20 heavy (non-hydrogen) atoms. The van der Waals surface area contributed by atoms with Crippen LogP contribution in [0, 0.1) is 6.92 Å². The summed E-state index contributed by atoms with van der Waals surface area (Å²) in [7, 11) is 1.68. The number of aryl methyl sites for hydroxylation is 1. The lowest BCUT2D eigenvalue weighted by atomic mass is 10.1. The number of aromatic nitrogens is 1. The third kappa shape index (κ3) is 4.05. The zero-order valence-corrected chi connectivity index (χ0v) is 13.6. The van der Waals surface area contributed by atoms with Gasteiger partial charge in [0.2, 0.25) is 0 Å². The summed E-state index contributed by atoms with van der Waals surface area (Å²) in [6, 6.07) is 12.5. The number of pyridine rings is 1. The van der Waals surface area contributed by atoms with Gasteiger partial charge in [0.25, 0.3) is 0 Å². The molecule has 0 aliphatic heterocycles. The lowest BCUT2D eigenvalue weighted by Gasteiger charge is -2.14. The minimum atomic E-state index is 0.274. The lowest BCUT2D eigenvalue weighted by Crippen LogP contribution is -2.19. The first-order chi connectivity index (χ1) is 9.58. The SMILES string of the molecule is COc1cc(C)nc(CN[C@H](C)c2ccc(Br)cc2)c1. The molecule has 0 saturated carbocycles. The highest BCUT2D eigenvalue weighted by atomic mass is 79.9. The van der Waals surface area contributed by atoms with Gasteiger partial charge in [0.15, 0.2) is 0 Å². The topological polar surface area (TPSA) is 34.1 Å². The van der Waals surface area contributed by atoms with Crippen LogP contribution in [0.2, 0.25) is 0 Å². The second-order valence-corrected chi connectivity index (χ2v) is 5.71. The van der Waals surface area contributed by atoms with Crippen molar-refractivity contribution in [3.05, 3.63) is 57.8 Å². The molecule has 4 heteroatoms. The van der Waals surface area contributed by atoms with Gasteiger partial charge in [0, 0.05) is 34.9 Å². The summed E-state index contributed by atoms with van der Waals surface area (Å²) < 4.78 is 6.36. The van der Waals surface area contributed by atoms with Gasteiger partial charge in [-0.1, -0.05) is 28.1 Å². The summed E-state index contributed by atoms with van der Waals surface area (Å²) >= 11 is 3.45. The summed E-state index contributed by atoms with van der Waals surface area (Å²) in [5, 5.41) is 3.48. The van der Waals surface area contributed by atoms with E-state index in [2.05, 4.69) is 57.4 Å². The number of benzene rings is 1. The lowest BCUT2D eigenvalue weighted by molar-refractivity contribution is 0.412. The van der Waals surface area contributed by atoms with Gasteiger partial charge in [-0.15, -0.1) is 0 Å². The number of nitrogens with zero attached hydrogens (tertiary/aromatic N) is 1. The van der Waals surface area contributed by atoms with Gasteiger partial charge >= 0.3 is 0 Å². The number of nitrogens with one attached hydrogen (secondary N) is 1. The van der Waals surface area contributed by atoms with E-state index in [0.29, 0.717) is 0 Å². The molecule has 3 nitrogen and oxygen atoms in total. The summed E-state index contributed by atoms with van der Waals surface area (Å²) in [6.07, 6.45) is 0. The van der Waals surface area contributed by atoms with Crippen molar-refractivity contribution >= 4 is 15.9 Å². The van der Waals surface area contributed by atoms with Gasteiger partial charge in [-0.2, -0.15) is 0 Å². The van der Waals surface area contributed by atoms with Gasteiger partial charge in [0.05, 0.1) is 12.8 Å². The van der Waals surface area contributed by atoms with Crippen molar-refractivity contribution in [2.45, 2.75) is 26.4 Å². The first-order valence-corrected chi connectivity index (χ1v) is 7.38. The van der Waals surface area contributed by atoms with Gasteiger partial charge in [-0.3, -0.25) is 4.98 Å². The quantitative estimate of drug-likeness (QED) is 0.896. The van der Waals surface area contributed by atoms with Gasteiger partial charge in [0.1, 0.15) is 5.75 Å². The monoisotopic (exact) mass is 334 g/mol. The van der Waals surface area contributed by atoms with E-state index in [1.54, 1.807) is 7.11 Å². The Kier molecular flexibility index (Phi) is 5.15. The van der Waals surface area contributed by atoms with Crippen molar-refractivity contribution in [2.75, 3.05) is 7.11 Å². The molecular formula is C16H19BrN2O. The van der Waals surface area contributed by atoms with E-state index in [9.17, 15) is 0 Å². The minimum absolute atomic E-state index is 0.274. The predicted molar refractivity (Wildman–Crippen MR) is 84.9 cm³/mol. The number of hydrogen-bond donors (Lipinski definition) is 1. The van der Waals surface area contributed by atoms with E-state index in [-0.39, 0.29) is 6.04 Å². The average molecular weight is 335 g/mol. The Morgan fingerprint density at radius 2 is 1.95 bits per heavy atom. The Balaban J connectivity index is 2.01. The fourth-order valence-corrected chi connectivity index (χ4v) is 2.30. The van der Waals surface area contributed by atoms with Gasteiger partial charge in [-0.05, 0) is 31.5 Å². The summed E-state index contributed by atoms with van der Waals surface area (Å²) in [4.78, 5) is 4.51. The van der Waals surface area contributed by atoms with Crippen LogP contribution in [0.15, 0.2) is 40.9 Å². The Hall–Kier alpha value is -1.39. The van der Waals surface area contributed by atoms with Crippen LogP contribution in [0.5, 0.6) is 5.75 Å². The molecule has 0 aliphatic carbocycles. The molecule has 2 aromatic rings. The number of ether oxygens (including phenoxy) is 1. The highest BCUT2D eigenvalue weighted by molar-refractivity contribution is 9.10. The molecule has 0 radical (unpaired) electrons. The normalized spacial score (nSPS) is 12.2. The van der Waals surface area contributed by atoms with Crippen LogP contribution in [-0.4, -0.2) is 12.1 Å². The van der Waals surface area contributed by atoms with Crippen LogP contribution < -0.4 is 10.1 Å². The Labute approximate surface area is 128 Å². The fraction of sp³-hybridized carbons (Fsp3) is 0.312. The van der Waals surface area contributed by atoms with E-state index in [1.807, 2.05) is 19.1 Å². The molecule has 0 amide bonds. The van der Waals surface area contributed by atoms with E-state index in [0.717, 1.165) is 28.2 Å².